The molecule has 1 aromatic heterocycles. The number of aromatic nitrogens is 1. The highest BCUT2D eigenvalue weighted by Crippen LogP contribution is 2.29. The second-order valence-corrected chi connectivity index (χ2v) is 6.17. The van der Waals surface area contributed by atoms with Crippen LogP contribution in [0.1, 0.15) is 17.2 Å². The molecule has 1 saturated heterocycles. The number of pyridine rings is 1. The first-order valence-corrected chi connectivity index (χ1v) is 7.87. The average molecular weight is 338 g/mol. The molecule has 1 aliphatic heterocycles. The fourth-order valence-electron chi connectivity index (χ4n) is 2.61. The number of halogens is 2. The van der Waals surface area contributed by atoms with E-state index in [0.29, 0.717) is 22.5 Å². The van der Waals surface area contributed by atoms with Crippen molar-refractivity contribution in [1.82, 2.24) is 9.88 Å². The Bertz CT molecular complexity index is 666. The van der Waals surface area contributed by atoms with Crippen LogP contribution in [0.4, 0.5) is 5.82 Å². The first-order valence-electron chi connectivity index (χ1n) is 7.11. The van der Waals surface area contributed by atoms with Gasteiger partial charge in [0, 0.05) is 25.8 Å². The van der Waals surface area contributed by atoms with Gasteiger partial charge in [-0.05, 0) is 35.4 Å². The summed E-state index contributed by atoms with van der Waals surface area (Å²) in [5.74, 6) is 0.548. The molecule has 1 fully saturated rings. The maximum Gasteiger partial charge on any atom is 0.123 e. The lowest BCUT2D eigenvalue weighted by molar-refractivity contribution is -0.0329. The third-order valence-corrected chi connectivity index (χ3v) is 4.46. The summed E-state index contributed by atoms with van der Waals surface area (Å²) in [6, 6.07) is 9.55. The molecular weight excluding hydrogens is 321 g/mol. The quantitative estimate of drug-likeness (QED) is 0.930. The number of benzene rings is 1. The minimum atomic E-state index is 0.00250. The van der Waals surface area contributed by atoms with Crippen molar-refractivity contribution < 1.29 is 4.74 Å². The van der Waals surface area contributed by atoms with E-state index in [4.69, 9.17) is 33.7 Å². The summed E-state index contributed by atoms with van der Waals surface area (Å²) >= 11 is 12.1. The van der Waals surface area contributed by atoms with E-state index < -0.39 is 0 Å². The fraction of sp³-hybridized carbons (Fsp3) is 0.312. The van der Waals surface area contributed by atoms with E-state index in [2.05, 4.69) is 9.88 Å². The van der Waals surface area contributed by atoms with Crippen LogP contribution in [0.5, 0.6) is 0 Å². The van der Waals surface area contributed by atoms with Gasteiger partial charge in [-0.2, -0.15) is 0 Å². The SMILES string of the molecule is Nc1cc(CN2CCO[C@H](c3ccc(Cl)c(Cl)c3)C2)ccn1. The van der Waals surface area contributed by atoms with Crippen LogP contribution in [-0.2, 0) is 11.3 Å². The summed E-state index contributed by atoms with van der Waals surface area (Å²) < 4.78 is 5.87. The Hall–Kier alpha value is -1.33. The molecular formula is C16H17Cl2N3O. The van der Waals surface area contributed by atoms with Crippen molar-refractivity contribution in [2.45, 2.75) is 12.6 Å². The summed E-state index contributed by atoms with van der Waals surface area (Å²) in [6.07, 6.45) is 1.74. The zero-order valence-corrected chi connectivity index (χ0v) is 13.5. The maximum atomic E-state index is 6.09. The molecule has 2 N–H and O–H groups in total. The zero-order chi connectivity index (χ0) is 15.5. The van der Waals surface area contributed by atoms with Gasteiger partial charge < -0.3 is 10.5 Å². The number of nitrogen functional groups attached to an aromatic ring is 1. The fourth-order valence-corrected chi connectivity index (χ4v) is 2.92. The molecule has 6 heteroatoms. The molecule has 4 nitrogen and oxygen atoms in total. The molecule has 0 unspecified atom stereocenters. The maximum absolute atomic E-state index is 6.09. The number of ether oxygens (including phenoxy) is 1. The van der Waals surface area contributed by atoms with E-state index in [1.165, 1.54) is 0 Å². The van der Waals surface area contributed by atoms with E-state index in [-0.39, 0.29) is 6.10 Å². The summed E-state index contributed by atoms with van der Waals surface area (Å²) in [6.45, 7) is 3.21. The molecule has 0 aliphatic carbocycles. The zero-order valence-electron chi connectivity index (χ0n) is 12.0. The van der Waals surface area contributed by atoms with Gasteiger partial charge >= 0.3 is 0 Å². The highest BCUT2D eigenvalue weighted by atomic mass is 35.5. The van der Waals surface area contributed by atoms with Crippen LogP contribution in [-0.4, -0.2) is 29.6 Å². The Morgan fingerprint density at radius 1 is 1.23 bits per heavy atom. The molecule has 2 heterocycles. The summed E-state index contributed by atoms with van der Waals surface area (Å²) in [4.78, 5) is 6.36. The molecule has 116 valence electrons. The molecule has 0 saturated carbocycles. The number of morpholine rings is 1. The molecule has 1 aromatic carbocycles. The van der Waals surface area contributed by atoms with Crippen LogP contribution in [0.15, 0.2) is 36.5 Å². The normalized spacial score (nSPS) is 19.3. The molecule has 1 aliphatic rings. The Kier molecular flexibility index (Phi) is 4.84. The molecule has 3 rings (SSSR count). The predicted octanol–water partition coefficient (Wildman–Crippen LogP) is 3.54. The van der Waals surface area contributed by atoms with Gasteiger partial charge in [0.1, 0.15) is 5.82 Å². The van der Waals surface area contributed by atoms with Crippen molar-refractivity contribution in [2.75, 3.05) is 25.4 Å². The first kappa shape index (κ1) is 15.6. The Morgan fingerprint density at radius 3 is 2.86 bits per heavy atom. The van der Waals surface area contributed by atoms with Crippen LogP contribution in [0, 0.1) is 0 Å². The smallest absolute Gasteiger partial charge is 0.123 e. The summed E-state index contributed by atoms with van der Waals surface area (Å²) in [5, 5.41) is 1.12. The summed E-state index contributed by atoms with van der Waals surface area (Å²) in [5.41, 5.74) is 7.94. The third kappa shape index (κ3) is 3.70. The monoisotopic (exact) mass is 337 g/mol. The van der Waals surface area contributed by atoms with Gasteiger partial charge in [0.05, 0.1) is 22.8 Å². The molecule has 22 heavy (non-hydrogen) atoms. The third-order valence-electron chi connectivity index (χ3n) is 3.72. The Morgan fingerprint density at radius 2 is 2.09 bits per heavy atom. The second-order valence-electron chi connectivity index (χ2n) is 5.36. The largest absolute Gasteiger partial charge is 0.384 e. The second kappa shape index (κ2) is 6.84. The standard InChI is InChI=1S/C16H17Cl2N3O/c17-13-2-1-12(8-14(13)18)15-10-21(5-6-22-15)9-11-3-4-20-16(19)7-11/h1-4,7-8,15H,5-6,9-10H2,(H2,19,20)/t15-/m0/s1. The predicted molar refractivity (Wildman–Crippen MR) is 89.1 cm³/mol. The Balaban J connectivity index is 1.69. The molecule has 0 amide bonds. The molecule has 0 bridgehead atoms. The average Bonchev–Trinajstić information content (AvgIpc) is 2.50. The van der Waals surface area contributed by atoms with E-state index in [0.717, 1.165) is 30.8 Å². The van der Waals surface area contributed by atoms with Crippen molar-refractivity contribution in [3.8, 4) is 0 Å². The first-order chi connectivity index (χ1) is 10.6. The molecule has 0 spiro atoms. The number of rotatable bonds is 3. The van der Waals surface area contributed by atoms with E-state index in [1.807, 2.05) is 30.3 Å². The van der Waals surface area contributed by atoms with Crippen molar-refractivity contribution in [3.63, 3.8) is 0 Å². The van der Waals surface area contributed by atoms with Crippen molar-refractivity contribution in [1.29, 1.82) is 0 Å². The van der Waals surface area contributed by atoms with E-state index in [9.17, 15) is 0 Å². The van der Waals surface area contributed by atoms with Crippen molar-refractivity contribution in [2.24, 2.45) is 0 Å². The Labute approximate surface area is 139 Å². The van der Waals surface area contributed by atoms with Crippen LogP contribution in [0.3, 0.4) is 0 Å². The van der Waals surface area contributed by atoms with E-state index >= 15 is 0 Å². The van der Waals surface area contributed by atoms with Crippen LogP contribution in [0.2, 0.25) is 10.0 Å². The van der Waals surface area contributed by atoms with Crippen molar-refractivity contribution in [3.05, 3.63) is 57.7 Å². The number of hydrogen-bond acceptors (Lipinski definition) is 4. The minimum absolute atomic E-state index is 0.00250. The number of hydrogen-bond donors (Lipinski definition) is 1. The van der Waals surface area contributed by atoms with Gasteiger partial charge in [0.2, 0.25) is 0 Å². The molecule has 0 radical (unpaired) electrons. The highest BCUT2D eigenvalue weighted by Gasteiger charge is 2.22. The van der Waals surface area contributed by atoms with Gasteiger partial charge in [0.25, 0.3) is 0 Å². The van der Waals surface area contributed by atoms with Gasteiger partial charge in [0.15, 0.2) is 0 Å². The van der Waals surface area contributed by atoms with Gasteiger partial charge in [-0.25, -0.2) is 4.98 Å². The highest BCUT2D eigenvalue weighted by molar-refractivity contribution is 6.42. The minimum Gasteiger partial charge on any atom is -0.384 e. The number of nitrogens with zero attached hydrogens (tertiary/aromatic N) is 2. The lowest BCUT2D eigenvalue weighted by Gasteiger charge is -2.33. The number of anilines is 1. The van der Waals surface area contributed by atoms with Gasteiger partial charge in [-0.1, -0.05) is 29.3 Å². The lowest BCUT2D eigenvalue weighted by Crippen LogP contribution is -2.37. The van der Waals surface area contributed by atoms with Crippen LogP contribution < -0.4 is 5.73 Å². The van der Waals surface area contributed by atoms with Crippen LogP contribution in [0.25, 0.3) is 0 Å². The van der Waals surface area contributed by atoms with Gasteiger partial charge in [-0.15, -0.1) is 0 Å². The van der Waals surface area contributed by atoms with E-state index in [1.54, 1.807) is 6.20 Å². The number of nitrogens with two attached hydrogens (primary N) is 1. The summed E-state index contributed by atoms with van der Waals surface area (Å²) in [7, 11) is 0. The lowest BCUT2D eigenvalue weighted by atomic mass is 10.1. The topological polar surface area (TPSA) is 51.4 Å². The van der Waals surface area contributed by atoms with Crippen molar-refractivity contribution >= 4 is 29.0 Å². The molecule has 2 aromatic rings. The van der Waals surface area contributed by atoms with Crippen LogP contribution >= 0.6 is 23.2 Å². The molecule has 1 atom stereocenters. The van der Waals surface area contributed by atoms with Gasteiger partial charge in [-0.3, -0.25) is 4.90 Å².